The SMILES string of the molecule is CCCCCCCC(O)CCC[C@H](O)[C@@H]1CC[C@@H]([C@@H](O)CC[C@@H](O)[C@@H]2CC[C@@H](CCCCCCCCC3=C[C@H](C)OC3=O)O2)O1. The first-order valence-corrected chi connectivity index (χ1v) is 18.7. The van der Waals surface area contributed by atoms with Gasteiger partial charge >= 0.3 is 5.97 Å². The zero-order chi connectivity index (χ0) is 32.4. The maximum atomic E-state index is 11.7. The van der Waals surface area contributed by atoms with E-state index in [0.29, 0.717) is 32.1 Å². The zero-order valence-electron chi connectivity index (χ0n) is 28.5. The van der Waals surface area contributed by atoms with Gasteiger partial charge in [0.05, 0.1) is 48.8 Å². The molecule has 8 nitrogen and oxygen atoms in total. The molecule has 0 aromatic carbocycles. The Morgan fingerprint density at radius 3 is 1.89 bits per heavy atom. The van der Waals surface area contributed by atoms with E-state index in [9.17, 15) is 25.2 Å². The molecule has 0 spiro atoms. The molecule has 2 saturated heterocycles. The lowest BCUT2D eigenvalue weighted by Crippen LogP contribution is -2.33. The fourth-order valence-corrected chi connectivity index (χ4v) is 7.28. The van der Waals surface area contributed by atoms with Crippen molar-refractivity contribution in [3.63, 3.8) is 0 Å². The van der Waals surface area contributed by atoms with Gasteiger partial charge in [0.25, 0.3) is 0 Å². The molecule has 0 radical (unpaired) electrons. The Balaban J connectivity index is 1.17. The van der Waals surface area contributed by atoms with Gasteiger partial charge in [0.15, 0.2) is 0 Å². The summed E-state index contributed by atoms with van der Waals surface area (Å²) in [7, 11) is 0. The molecule has 1 unspecified atom stereocenters. The van der Waals surface area contributed by atoms with Gasteiger partial charge in [0.1, 0.15) is 6.10 Å². The van der Waals surface area contributed by atoms with Crippen LogP contribution in [0.25, 0.3) is 0 Å². The number of carbonyl (C=O) groups excluding carboxylic acids is 1. The minimum absolute atomic E-state index is 0.0738. The van der Waals surface area contributed by atoms with Crippen molar-refractivity contribution in [2.45, 2.75) is 216 Å². The molecule has 0 saturated carbocycles. The highest BCUT2D eigenvalue weighted by atomic mass is 16.5. The predicted octanol–water partition coefficient (Wildman–Crippen LogP) is 6.83. The van der Waals surface area contributed by atoms with E-state index in [-0.39, 0.29) is 42.6 Å². The lowest BCUT2D eigenvalue weighted by molar-refractivity contribution is -0.139. The number of hydrogen-bond acceptors (Lipinski definition) is 8. The lowest BCUT2D eigenvalue weighted by atomic mass is 9.98. The van der Waals surface area contributed by atoms with Gasteiger partial charge in [-0.15, -0.1) is 0 Å². The Hall–Kier alpha value is -1.03. The van der Waals surface area contributed by atoms with E-state index in [1.165, 1.54) is 44.9 Å². The summed E-state index contributed by atoms with van der Waals surface area (Å²) < 4.78 is 17.4. The van der Waals surface area contributed by atoms with Crippen LogP contribution in [0.15, 0.2) is 11.6 Å². The number of aliphatic hydroxyl groups excluding tert-OH is 4. The first-order chi connectivity index (χ1) is 21.8. The molecule has 45 heavy (non-hydrogen) atoms. The van der Waals surface area contributed by atoms with Crippen molar-refractivity contribution < 1.29 is 39.4 Å². The summed E-state index contributed by atoms with van der Waals surface area (Å²) in [5, 5.41) is 42.4. The second kappa shape index (κ2) is 21.8. The molecule has 262 valence electrons. The number of aliphatic hydroxyl groups is 4. The Kier molecular flexibility index (Phi) is 18.6. The molecule has 3 rings (SSSR count). The number of esters is 1. The number of rotatable bonds is 25. The molecule has 0 aromatic heterocycles. The molecule has 0 aromatic rings. The first-order valence-electron chi connectivity index (χ1n) is 18.7. The van der Waals surface area contributed by atoms with Crippen molar-refractivity contribution in [1.82, 2.24) is 0 Å². The van der Waals surface area contributed by atoms with Crippen LogP contribution in [0, 0.1) is 0 Å². The molecule has 3 aliphatic heterocycles. The Morgan fingerprint density at radius 1 is 0.667 bits per heavy atom. The lowest BCUT2D eigenvalue weighted by Gasteiger charge is -2.24. The monoisotopic (exact) mass is 638 g/mol. The highest BCUT2D eigenvalue weighted by molar-refractivity contribution is 5.90. The topological polar surface area (TPSA) is 126 Å². The molecular weight excluding hydrogens is 572 g/mol. The number of unbranched alkanes of at least 4 members (excludes halogenated alkanes) is 9. The van der Waals surface area contributed by atoms with Crippen LogP contribution in [0.5, 0.6) is 0 Å². The maximum absolute atomic E-state index is 11.7. The molecule has 8 heteroatoms. The standard InChI is InChI=1S/C37H66O8/c1-3-4-5-8-12-16-29(38)17-14-19-31(39)35-24-25-36(45-35)33(41)22-21-32(40)34-23-20-30(44-34)18-13-10-7-6-9-11-15-28-26-27(2)43-37(28)42/h26-27,29-36,38-41H,3-25H2,1-2H3/t27-,29?,30+,31-,32+,33-,34-,35-,36-/m0/s1. The molecule has 4 N–H and O–H groups in total. The number of cyclic esters (lactones) is 1. The molecule has 0 amide bonds. The van der Waals surface area contributed by atoms with Crippen molar-refractivity contribution in [1.29, 1.82) is 0 Å². The smallest absolute Gasteiger partial charge is 0.334 e. The Labute approximate surface area is 273 Å². The minimum atomic E-state index is -0.657. The molecule has 0 bridgehead atoms. The largest absolute Gasteiger partial charge is 0.455 e. The second-order valence-electron chi connectivity index (χ2n) is 14.2. The van der Waals surface area contributed by atoms with Crippen molar-refractivity contribution >= 4 is 5.97 Å². The molecule has 9 atom stereocenters. The quantitative estimate of drug-likeness (QED) is 0.0634. The van der Waals surface area contributed by atoms with Crippen LogP contribution in [0.2, 0.25) is 0 Å². The number of hydrogen-bond donors (Lipinski definition) is 4. The second-order valence-corrected chi connectivity index (χ2v) is 14.2. The molecule has 3 heterocycles. The highest BCUT2D eigenvalue weighted by Gasteiger charge is 2.36. The zero-order valence-corrected chi connectivity index (χ0v) is 28.5. The van der Waals surface area contributed by atoms with Crippen LogP contribution >= 0.6 is 0 Å². The van der Waals surface area contributed by atoms with Gasteiger partial charge in [-0.25, -0.2) is 4.79 Å². The van der Waals surface area contributed by atoms with Gasteiger partial charge in [0.2, 0.25) is 0 Å². The summed E-state index contributed by atoms with van der Waals surface area (Å²) in [5.74, 6) is -0.145. The van der Waals surface area contributed by atoms with Crippen LogP contribution in [0.3, 0.4) is 0 Å². The number of carbonyl (C=O) groups is 1. The maximum Gasteiger partial charge on any atom is 0.334 e. The number of ether oxygens (including phenoxy) is 3. The summed E-state index contributed by atoms with van der Waals surface area (Å²) in [6, 6.07) is 0. The highest BCUT2D eigenvalue weighted by Crippen LogP contribution is 2.31. The minimum Gasteiger partial charge on any atom is -0.455 e. The van der Waals surface area contributed by atoms with E-state index >= 15 is 0 Å². The van der Waals surface area contributed by atoms with Gasteiger partial charge in [-0.05, 0) is 96.5 Å². The van der Waals surface area contributed by atoms with Crippen molar-refractivity contribution in [2.75, 3.05) is 0 Å². The molecule has 0 aliphatic carbocycles. The van der Waals surface area contributed by atoms with Crippen LogP contribution in [0.1, 0.15) is 162 Å². The van der Waals surface area contributed by atoms with Crippen LogP contribution in [-0.4, -0.2) is 81.3 Å². The predicted molar refractivity (Wildman–Crippen MR) is 177 cm³/mol. The van der Waals surface area contributed by atoms with E-state index in [0.717, 1.165) is 76.2 Å². The third kappa shape index (κ3) is 14.7. The van der Waals surface area contributed by atoms with E-state index < -0.39 is 18.3 Å². The van der Waals surface area contributed by atoms with E-state index in [4.69, 9.17) is 14.2 Å². The first kappa shape index (κ1) is 38.4. The summed E-state index contributed by atoms with van der Waals surface area (Å²) in [5.41, 5.74) is 0.838. The molecular formula is C37H66O8. The average molecular weight is 639 g/mol. The summed E-state index contributed by atoms with van der Waals surface area (Å²) in [6.07, 6.45) is 21.1. The average Bonchev–Trinajstić information content (AvgIpc) is 3.77. The van der Waals surface area contributed by atoms with Gasteiger partial charge < -0.3 is 34.6 Å². The van der Waals surface area contributed by atoms with Gasteiger partial charge in [-0.3, -0.25) is 0 Å². The normalized spacial score (nSPS) is 27.8. The van der Waals surface area contributed by atoms with Crippen LogP contribution in [-0.2, 0) is 19.0 Å². The fourth-order valence-electron chi connectivity index (χ4n) is 7.28. The molecule has 2 fully saturated rings. The van der Waals surface area contributed by atoms with Crippen LogP contribution < -0.4 is 0 Å². The summed E-state index contributed by atoms with van der Waals surface area (Å²) in [4.78, 5) is 11.7. The summed E-state index contributed by atoms with van der Waals surface area (Å²) >= 11 is 0. The van der Waals surface area contributed by atoms with E-state index in [1.54, 1.807) is 0 Å². The van der Waals surface area contributed by atoms with Gasteiger partial charge in [-0.2, -0.15) is 0 Å². The van der Waals surface area contributed by atoms with Crippen molar-refractivity contribution in [2.24, 2.45) is 0 Å². The Morgan fingerprint density at radius 2 is 1.22 bits per heavy atom. The third-order valence-corrected chi connectivity index (χ3v) is 10.2. The van der Waals surface area contributed by atoms with E-state index in [1.807, 2.05) is 13.0 Å². The van der Waals surface area contributed by atoms with Crippen molar-refractivity contribution in [3.8, 4) is 0 Å². The van der Waals surface area contributed by atoms with Crippen molar-refractivity contribution in [3.05, 3.63) is 11.6 Å². The fraction of sp³-hybridized carbons (Fsp3) is 0.919. The van der Waals surface area contributed by atoms with E-state index in [2.05, 4.69) is 6.92 Å². The Bertz CT molecular complexity index is 833. The third-order valence-electron chi connectivity index (χ3n) is 10.2. The molecule has 3 aliphatic rings. The van der Waals surface area contributed by atoms with Gasteiger partial charge in [-0.1, -0.05) is 71.1 Å². The van der Waals surface area contributed by atoms with Gasteiger partial charge in [0, 0.05) is 5.57 Å². The summed E-state index contributed by atoms with van der Waals surface area (Å²) in [6.45, 7) is 4.10. The van der Waals surface area contributed by atoms with Crippen LogP contribution in [0.4, 0.5) is 0 Å².